The van der Waals surface area contributed by atoms with E-state index in [1.54, 1.807) is 7.05 Å². The standard InChI is InChI=1S/C12H15BrN2O3/c1-8(11(16)17)14-12(18)15(2)7-9-5-3-4-6-10(9)13/h3-6,8H,7H2,1-2H3,(H,14,18)(H,16,17). The molecule has 98 valence electrons. The average Bonchev–Trinajstić information content (AvgIpc) is 2.31. The minimum Gasteiger partial charge on any atom is -0.480 e. The maximum Gasteiger partial charge on any atom is 0.325 e. The van der Waals surface area contributed by atoms with Crippen molar-refractivity contribution in [3.63, 3.8) is 0 Å². The Bertz CT molecular complexity index is 451. The summed E-state index contributed by atoms with van der Waals surface area (Å²) in [5, 5.41) is 11.1. The second-order valence-electron chi connectivity index (χ2n) is 3.96. The normalized spacial score (nSPS) is 11.7. The van der Waals surface area contributed by atoms with Crippen molar-refractivity contribution in [2.45, 2.75) is 19.5 Å². The van der Waals surface area contributed by atoms with Gasteiger partial charge in [-0.3, -0.25) is 4.79 Å². The minimum absolute atomic E-state index is 0.402. The lowest BCUT2D eigenvalue weighted by molar-refractivity contribution is -0.138. The summed E-state index contributed by atoms with van der Waals surface area (Å²) in [5.41, 5.74) is 0.957. The number of carboxylic acids is 1. The van der Waals surface area contributed by atoms with Crippen LogP contribution in [0.1, 0.15) is 12.5 Å². The lowest BCUT2D eigenvalue weighted by Gasteiger charge is -2.20. The Morgan fingerprint density at radius 3 is 2.61 bits per heavy atom. The number of halogens is 1. The van der Waals surface area contributed by atoms with Gasteiger partial charge in [0.2, 0.25) is 0 Å². The van der Waals surface area contributed by atoms with Gasteiger partial charge >= 0.3 is 12.0 Å². The van der Waals surface area contributed by atoms with Gasteiger partial charge in [0.15, 0.2) is 0 Å². The Morgan fingerprint density at radius 2 is 2.06 bits per heavy atom. The van der Waals surface area contributed by atoms with Gasteiger partial charge in [-0.15, -0.1) is 0 Å². The molecule has 0 aliphatic heterocycles. The number of hydrogen-bond acceptors (Lipinski definition) is 2. The third-order valence-corrected chi connectivity index (χ3v) is 3.20. The van der Waals surface area contributed by atoms with Crippen LogP contribution in [0.4, 0.5) is 4.79 Å². The number of nitrogens with zero attached hydrogens (tertiary/aromatic N) is 1. The van der Waals surface area contributed by atoms with E-state index in [0.29, 0.717) is 6.54 Å². The molecule has 2 N–H and O–H groups in total. The highest BCUT2D eigenvalue weighted by atomic mass is 79.9. The molecule has 2 amide bonds. The Balaban J connectivity index is 2.60. The number of carboxylic acid groups (broad SMARTS) is 1. The monoisotopic (exact) mass is 314 g/mol. The van der Waals surface area contributed by atoms with E-state index in [2.05, 4.69) is 21.2 Å². The molecule has 0 spiro atoms. The Labute approximate surface area is 114 Å². The van der Waals surface area contributed by atoms with Crippen LogP contribution in [0.2, 0.25) is 0 Å². The maximum absolute atomic E-state index is 11.7. The van der Waals surface area contributed by atoms with Crippen LogP contribution in [0, 0.1) is 0 Å². The molecule has 18 heavy (non-hydrogen) atoms. The summed E-state index contributed by atoms with van der Waals surface area (Å²) in [4.78, 5) is 23.8. The zero-order valence-corrected chi connectivity index (χ0v) is 11.8. The predicted molar refractivity (Wildman–Crippen MR) is 71.2 cm³/mol. The molecule has 6 heteroatoms. The molecule has 0 heterocycles. The van der Waals surface area contributed by atoms with E-state index in [0.717, 1.165) is 10.0 Å². The molecule has 0 fully saturated rings. The molecular formula is C12H15BrN2O3. The number of amides is 2. The van der Waals surface area contributed by atoms with Crippen molar-refractivity contribution in [2.75, 3.05) is 7.05 Å². The molecule has 0 saturated carbocycles. The van der Waals surface area contributed by atoms with E-state index >= 15 is 0 Å². The molecule has 0 aliphatic carbocycles. The second-order valence-corrected chi connectivity index (χ2v) is 4.81. The Kier molecular flexibility index (Phi) is 5.15. The zero-order chi connectivity index (χ0) is 13.7. The molecule has 5 nitrogen and oxygen atoms in total. The van der Waals surface area contributed by atoms with Crippen molar-refractivity contribution in [3.8, 4) is 0 Å². The first-order valence-electron chi connectivity index (χ1n) is 5.39. The predicted octanol–water partition coefficient (Wildman–Crippen LogP) is 2.06. The molecule has 1 rings (SSSR count). The average molecular weight is 315 g/mol. The molecule has 1 unspecified atom stereocenters. The first kappa shape index (κ1) is 14.5. The second kappa shape index (κ2) is 6.39. The number of aliphatic carboxylic acids is 1. The lowest BCUT2D eigenvalue weighted by atomic mass is 10.2. The van der Waals surface area contributed by atoms with Gasteiger partial charge in [-0.25, -0.2) is 4.79 Å². The number of nitrogens with one attached hydrogen (secondary N) is 1. The maximum atomic E-state index is 11.7. The topological polar surface area (TPSA) is 69.6 Å². The van der Waals surface area contributed by atoms with Gasteiger partial charge in [0.1, 0.15) is 6.04 Å². The highest BCUT2D eigenvalue weighted by Gasteiger charge is 2.17. The van der Waals surface area contributed by atoms with Gasteiger partial charge in [0, 0.05) is 18.1 Å². The van der Waals surface area contributed by atoms with Gasteiger partial charge in [0.05, 0.1) is 0 Å². The first-order chi connectivity index (χ1) is 8.41. The third-order valence-electron chi connectivity index (χ3n) is 2.42. The third kappa shape index (κ3) is 4.03. The van der Waals surface area contributed by atoms with Gasteiger partial charge in [-0.05, 0) is 18.6 Å². The van der Waals surface area contributed by atoms with Crippen molar-refractivity contribution in [1.82, 2.24) is 10.2 Å². The Hall–Kier alpha value is -1.56. The molecular weight excluding hydrogens is 300 g/mol. The number of carbonyl (C=O) groups is 2. The summed E-state index contributed by atoms with van der Waals surface area (Å²) in [6.07, 6.45) is 0. The number of hydrogen-bond donors (Lipinski definition) is 2. The van der Waals surface area contributed by atoms with Crippen LogP contribution in [0.15, 0.2) is 28.7 Å². The van der Waals surface area contributed by atoms with Crippen LogP contribution < -0.4 is 5.32 Å². The summed E-state index contributed by atoms with van der Waals surface area (Å²) >= 11 is 3.40. The van der Waals surface area contributed by atoms with Crippen LogP contribution in [0.3, 0.4) is 0 Å². The molecule has 0 saturated heterocycles. The lowest BCUT2D eigenvalue weighted by Crippen LogP contribution is -2.44. The summed E-state index contributed by atoms with van der Waals surface area (Å²) in [5.74, 6) is -1.06. The van der Waals surface area contributed by atoms with Gasteiger partial charge < -0.3 is 15.3 Å². The number of benzene rings is 1. The van der Waals surface area contributed by atoms with Crippen molar-refractivity contribution in [1.29, 1.82) is 0 Å². The van der Waals surface area contributed by atoms with Crippen molar-refractivity contribution < 1.29 is 14.7 Å². The van der Waals surface area contributed by atoms with E-state index in [1.165, 1.54) is 11.8 Å². The SMILES string of the molecule is CC(NC(=O)N(C)Cc1ccccc1Br)C(=O)O. The van der Waals surface area contributed by atoms with Crippen molar-refractivity contribution in [3.05, 3.63) is 34.3 Å². The van der Waals surface area contributed by atoms with E-state index in [1.807, 2.05) is 24.3 Å². The fourth-order valence-electron chi connectivity index (χ4n) is 1.31. The van der Waals surface area contributed by atoms with Crippen molar-refractivity contribution >= 4 is 27.9 Å². The minimum atomic E-state index is -1.06. The smallest absolute Gasteiger partial charge is 0.325 e. The summed E-state index contributed by atoms with van der Waals surface area (Å²) < 4.78 is 0.913. The molecule has 0 bridgehead atoms. The number of rotatable bonds is 4. The number of urea groups is 1. The van der Waals surface area contributed by atoms with E-state index in [9.17, 15) is 9.59 Å². The molecule has 0 radical (unpaired) electrons. The van der Waals surface area contributed by atoms with Crippen LogP contribution in [-0.4, -0.2) is 35.1 Å². The van der Waals surface area contributed by atoms with E-state index in [-0.39, 0.29) is 0 Å². The zero-order valence-electron chi connectivity index (χ0n) is 10.2. The fraction of sp³-hybridized carbons (Fsp3) is 0.333. The van der Waals surface area contributed by atoms with Crippen LogP contribution in [0.5, 0.6) is 0 Å². The Morgan fingerprint density at radius 1 is 1.44 bits per heavy atom. The highest BCUT2D eigenvalue weighted by Crippen LogP contribution is 2.17. The molecule has 1 aromatic rings. The number of carbonyl (C=O) groups excluding carboxylic acids is 1. The van der Waals surface area contributed by atoms with Crippen LogP contribution in [-0.2, 0) is 11.3 Å². The van der Waals surface area contributed by atoms with Gasteiger partial charge in [-0.1, -0.05) is 34.1 Å². The molecule has 1 aromatic carbocycles. The molecule has 0 aliphatic rings. The first-order valence-corrected chi connectivity index (χ1v) is 6.19. The summed E-state index contributed by atoms with van der Waals surface area (Å²) in [7, 11) is 1.61. The van der Waals surface area contributed by atoms with Crippen LogP contribution in [0.25, 0.3) is 0 Å². The summed E-state index contributed by atoms with van der Waals surface area (Å²) in [6.45, 7) is 1.83. The van der Waals surface area contributed by atoms with Gasteiger partial charge in [0.25, 0.3) is 0 Å². The largest absolute Gasteiger partial charge is 0.480 e. The quantitative estimate of drug-likeness (QED) is 0.893. The highest BCUT2D eigenvalue weighted by molar-refractivity contribution is 9.10. The fourth-order valence-corrected chi connectivity index (χ4v) is 1.72. The van der Waals surface area contributed by atoms with E-state index < -0.39 is 18.0 Å². The van der Waals surface area contributed by atoms with Gasteiger partial charge in [-0.2, -0.15) is 0 Å². The molecule has 1 atom stereocenters. The van der Waals surface area contributed by atoms with Crippen molar-refractivity contribution in [2.24, 2.45) is 0 Å². The van der Waals surface area contributed by atoms with E-state index in [4.69, 9.17) is 5.11 Å². The van der Waals surface area contributed by atoms with Crippen LogP contribution >= 0.6 is 15.9 Å². The summed E-state index contributed by atoms with van der Waals surface area (Å²) in [6, 6.07) is 6.24. The molecule has 0 aromatic heterocycles.